The number of halogens is 1. The Balaban J connectivity index is 1.65. The highest BCUT2D eigenvalue weighted by Crippen LogP contribution is 2.29. The summed E-state index contributed by atoms with van der Waals surface area (Å²) in [4.78, 5) is 12.1. The number of amides is 1. The zero-order valence-electron chi connectivity index (χ0n) is 14.5. The molecule has 2 aromatic rings. The number of hydrogen-bond acceptors (Lipinski definition) is 3. The SMILES string of the molecule is Cc1ccc(NC(=O)CCS(=O)(=O)N2CCCc3ccccc32)cc1Cl. The van der Waals surface area contributed by atoms with Gasteiger partial charge >= 0.3 is 0 Å². The van der Waals surface area contributed by atoms with E-state index in [0.717, 1.165) is 29.7 Å². The lowest BCUT2D eigenvalue weighted by Gasteiger charge is -2.30. The van der Waals surface area contributed by atoms with Crippen LogP contribution in [0, 0.1) is 6.92 Å². The molecule has 0 atom stereocenters. The summed E-state index contributed by atoms with van der Waals surface area (Å²) in [6.07, 6.45) is 1.55. The Morgan fingerprint density at radius 3 is 2.77 bits per heavy atom. The number of rotatable bonds is 5. The molecule has 0 bridgehead atoms. The molecule has 7 heteroatoms. The number of benzene rings is 2. The second-order valence-electron chi connectivity index (χ2n) is 6.38. The van der Waals surface area contributed by atoms with Crippen LogP contribution in [-0.2, 0) is 21.2 Å². The van der Waals surface area contributed by atoms with E-state index in [9.17, 15) is 13.2 Å². The molecule has 0 aromatic heterocycles. The zero-order valence-corrected chi connectivity index (χ0v) is 16.1. The van der Waals surface area contributed by atoms with Crippen molar-refractivity contribution in [2.45, 2.75) is 26.2 Å². The summed E-state index contributed by atoms with van der Waals surface area (Å²) >= 11 is 6.04. The number of carbonyl (C=O) groups is 1. The van der Waals surface area contributed by atoms with Crippen LogP contribution in [0.5, 0.6) is 0 Å². The average molecular weight is 393 g/mol. The van der Waals surface area contributed by atoms with Crippen LogP contribution < -0.4 is 9.62 Å². The van der Waals surface area contributed by atoms with Crippen LogP contribution in [0.4, 0.5) is 11.4 Å². The maximum absolute atomic E-state index is 12.7. The van der Waals surface area contributed by atoms with Crippen LogP contribution in [0.25, 0.3) is 0 Å². The van der Waals surface area contributed by atoms with Crippen molar-refractivity contribution in [3.63, 3.8) is 0 Å². The van der Waals surface area contributed by atoms with E-state index >= 15 is 0 Å². The lowest BCUT2D eigenvalue weighted by molar-refractivity contribution is -0.115. The van der Waals surface area contributed by atoms with Gasteiger partial charge < -0.3 is 5.32 Å². The minimum Gasteiger partial charge on any atom is -0.326 e. The predicted molar refractivity (Wildman–Crippen MR) is 105 cm³/mol. The second kappa shape index (κ2) is 7.68. The van der Waals surface area contributed by atoms with E-state index in [1.54, 1.807) is 18.2 Å². The lowest BCUT2D eigenvalue weighted by Crippen LogP contribution is -2.37. The summed E-state index contributed by atoms with van der Waals surface area (Å²) in [5.74, 6) is -0.578. The molecule has 0 unspecified atom stereocenters. The zero-order chi connectivity index (χ0) is 18.7. The average Bonchev–Trinajstić information content (AvgIpc) is 2.63. The fourth-order valence-electron chi connectivity index (χ4n) is 3.01. The lowest BCUT2D eigenvalue weighted by atomic mass is 10.0. The van der Waals surface area contributed by atoms with E-state index in [4.69, 9.17) is 11.6 Å². The van der Waals surface area contributed by atoms with Gasteiger partial charge in [-0.3, -0.25) is 9.10 Å². The Morgan fingerprint density at radius 1 is 1.23 bits per heavy atom. The van der Waals surface area contributed by atoms with Crippen molar-refractivity contribution in [1.82, 2.24) is 0 Å². The molecule has 138 valence electrons. The molecule has 1 aliphatic heterocycles. The fraction of sp³-hybridized carbons (Fsp3) is 0.316. The van der Waals surface area contributed by atoms with E-state index in [1.165, 1.54) is 4.31 Å². The summed E-state index contributed by atoms with van der Waals surface area (Å²) in [6.45, 7) is 2.32. The van der Waals surface area contributed by atoms with Gasteiger partial charge in [0.1, 0.15) is 0 Å². The molecule has 0 spiro atoms. The van der Waals surface area contributed by atoms with Gasteiger partial charge in [-0.25, -0.2) is 8.42 Å². The van der Waals surface area contributed by atoms with Gasteiger partial charge in [0.2, 0.25) is 15.9 Å². The van der Waals surface area contributed by atoms with Crippen LogP contribution in [-0.4, -0.2) is 26.6 Å². The summed E-state index contributed by atoms with van der Waals surface area (Å²) in [7, 11) is -3.55. The number of fused-ring (bicyclic) bond motifs is 1. The van der Waals surface area contributed by atoms with Gasteiger partial charge in [-0.1, -0.05) is 35.9 Å². The van der Waals surface area contributed by atoms with Crippen molar-refractivity contribution in [2.75, 3.05) is 21.9 Å². The first-order chi connectivity index (χ1) is 12.4. The summed E-state index contributed by atoms with van der Waals surface area (Å²) < 4.78 is 26.9. The molecule has 3 rings (SSSR count). The normalized spacial score (nSPS) is 14.0. The summed E-state index contributed by atoms with van der Waals surface area (Å²) in [5.41, 5.74) is 3.23. The minimum atomic E-state index is -3.55. The van der Waals surface area contributed by atoms with Crippen molar-refractivity contribution in [3.05, 3.63) is 58.6 Å². The largest absolute Gasteiger partial charge is 0.326 e. The van der Waals surface area contributed by atoms with E-state index in [0.29, 0.717) is 17.3 Å². The van der Waals surface area contributed by atoms with Gasteiger partial charge in [0.15, 0.2) is 0 Å². The number of anilines is 2. The van der Waals surface area contributed by atoms with Gasteiger partial charge in [0.05, 0.1) is 11.4 Å². The Labute approximate surface area is 159 Å². The molecule has 26 heavy (non-hydrogen) atoms. The second-order valence-corrected chi connectivity index (χ2v) is 8.80. The van der Waals surface area contributed by atoms with Crippen molar-refractivity contribution < 1.29 is 13.2 Å². The maximum atomic E-state index is 12.7. The molecule has 1 aliphatic rings. The van der Waals surface area contributed by atoms with Crippen LogP contribution in [0.1, 0.15) is 24.0 Å². The van der Waals surface area contributed by atoms with Crippen LogP contribution >= 0.6 is 11.6 Å². The molecule has 0 aliphatic carbocycles. The molecular weight excluding hydrogens is 372 g/mol. The quantitative estimate of drug-likeness (QED) is 0.842. The Kier molecular flexibility index (Phi) is 5.53. The summed E-state index contributed by atoms with van der Waals surface area (Å²) in [5, 5.41) is 3.25. The first-order valence-electron chi connectivity index (χ1n) is 8.51. The van der Waals surface area contributed by atoms with Gasteiger partial charge in [-0.05, 0) is 49.1 Å². The third-order valence-corrected chi connectivity index (χ3v) is 6.62. The van der Waals surface area contributed by atoms with E-state index in [1.807, 2.05) is 31.2 Å². The van der Waals surface area contributed by atoms with Crippen molar-refractivity contribution in [2.24, 2.45) is 0 Å². The molecule has 0 saturated heterocycles. The first-order valence-corrected chi connectivity index (χ1v) is 10.5. The third kappa shape index (κ3) is 4.19. The number of aryl methyl sites for hydroxylation is 2. The van der Waals surface area contributed by atoms with Crippen LogP contribution in [0.2, 0.25) is 5.02 Å². The highest BCUT2D eigenvalue weighted by atomic mass is 35.5. The van der Waals surface area contributed by atoms with Crippen LogP contribution in [0.15, 0.2) is 42.5 Å². The minimum absolute atomic E-state index is 0.105. The Hall–Kier alpha value is -2.05. The molecule has 1 amide bonds. The monoisotopic (exact) mass is 392 g/mol. The number of carbonyl (C=O) groups excluding carboxylic acids is 1. The Bertz CT molecular complexity index is 928. The fourth-order valence-corrected chi connectivity index (χ4v) is 4.74. The molecule has 0 saturated carbocycles. The van der Waals surface area contributed by atoms with E-state index < -0.39 is 10.0 Å². The van der Waals surface area contributed by atoms with Gasteiger partial charge in [-0.15, -0.1) is 0 Å². The third-order valence-electron chi connectivity index (χ3n) is 4.45. The molecule has 1 heterocycles. The highest BCUT2D eigenvalue weighted by molar-refractivity contribution is 7.92. The standard InChI is InChI=1S/C19H21ClN2O3S/c1-14-8-9-16(13-17(14)20)21-19(23)10-12-26(24,25)22-11-4-6-15-5-2-3-7-18(15)22/h2-3,5,7-9,13H,4,6,10-12H2,1H3,(H,21,23). The molecular formula is C19H21ClN2O3S. The molecule has 1 N–H and O–H groups in total. The van der Waals surface area contributed by atoms with Crippen molar-refractivity contribution >= 4 is 38.9 Å². The Morgan fingerprint density at radius 2 is 2.00 bits per heavy atom. The van der Waals surface area contributed by atoms with Gasteiger partial charge in [0.25, 0.3) is 0 Å². The van der Waals surface area contributed by atoms with Gasteiger partial charge in [-0.2, -0.15) is 0 Å². The topological polar surface area (TPSA) is 66.5 Å². The number of para-hydroxylation sites is 1. The van der Waals surface area contributed by atoms with Gasteiger partial charge in [0, 0.05) is 23.7 Å². The first kappa shape index (κ1) is 18.7. The summed E-state index contributed by atoms with van der Waals surface area (Å²) in [6, 6.07) is 12.7. The van der Waals surface area contributed by atoms with Crippen molar-refractivity contribution in [1.29, 1.82) is 0 Å². The predicted octanol–water partition coefficient (Wildman–Crippen LogP) is 3.76. The maximum Gasteiger partial charge on any atom is 0.235 e. The van der Waals surface area contributed by atoms with Crippen LogP contribution in [0.3, 0.4) is 0 Å². The number of nitrogens with zero attached hydrogens (tertiary/aromatic N) is 1. The number of hydrogen-bond donors (Lipinski definition) is 1. The molecule has 5 nitrogen and oxygen atoms in total. The molecule has 0 fully saturated rings. The number of nitrogens with one attached hydrogen (secondary N) is 1. The van der Waals surface area contributed by atoms with E-state index in [-0.39, 0.29) is 18.1 Å². The van der Waals surface area contributed by atoms with Crippen molar-refractivity contribution in [3.8, 4) is 0 Å². The molecule has 0 radical (unpaired) electrons. The molecule has 2 aromatic carbocycles. The number of sulfonamides is 1. The smallest absolute Gasteiger partial charge is 0.235 e. The van der Waals surface area contributed by atoms with E-state index in [2.05, 4.69) is 5.32 Å². The highest BCUT2D eigenvalue weighted by Gasteiger charge is 2.27.